The largest absolute Gasteiger partial charge is 0.493 e. The Balaban J connectivity index is 1.65. The summed E-state index contributed by atoms with van der Waals surface area (Å²) >= 11 is 1.56. The van der Waals surface area contributed by atoms with Gasteiger partial charge in [-0.15, -0.1) is 11.3 Å². The fraction of sp³-hybridized carbons (Fsp3) is 0.316. The number of anilines is 4. The Morgan fingerprint density at radius 2 is 1.82 bits per heavy atom. The zero-order chi connectivity index (χ0) is 20.1. The maximum absolute atomic E-state index is 6.23. The lowest BCUT2D eigenvalue weighted by Crippen LogP contribution is -2.10. The molecule has 0 unspecified atom stereocenters. The first-order valence-electron chi connectivity index (χ1n) is 8.78. The van der Waals surface area contributed by atoms with E-state index in [-0.39, 0.29) is 0 Å². The molecule has 2 aromatic heterocycles. The van der Waals surface area contributed by atoms with Gasteiger partial charge in [0.25, 0.3) is 0 Å². The summed E-state index contributed by atoms with van der Waals surface area (Å²) in [6.45, 7) is 4.66. The van der Waals surface area contributed by atoms with Gasteiger partial charge in [-0.3, -0.25) is 0 Å². The van der Waals surface area contributed by atoms with Crippen molar-refractivity contribution in [3.05, 3.63) is 40.7 Å². The van der Waals surface area contributed by atoms with E-state index in [1.54, 1.807) is 25.6 Å². The highest BCUT2D eigenvalue weighted by Gasteiger charge is 2.11. The topological polar surface area (TPSA) is 107 Å². The summed E-state index contributed by atoms with van der Waals surface area (Å²) in [5.41, 5.74) is 8.80. The third kappa shape index (κ3) is 4.42. The van der Waals surface area contributed by atoms with Gasteiger partial charge in [0.05, 0.1) is 19.9 Å². The van der Waals surface area contributed by atoms with Crippen LogP contribution in [-0.4, -0.2) is 35.7 Å². The van der Waals surface area contributed by atoms with E-state index in [9.17, 15) is 0 Å². The van der Waals surface area contributed by atoms with Gasteiger partial charge in [0.1, 0.15) is 12.0 Å². The molecule has 0 atom stereocenters. The number of hydrogen-bond acceptors (Lipinski definition) is 9. The van der Waals surface area contributed by atoms with E-state index in [0.717, 1.165) is 27.7 Å². The Labute approximate surface area is 168 Å². The molecule has 8 nitrogen and oxygen atoms in total. The number of aryl methyl sites for hydroxylation is 2. The van der Waals surface area contributed by atoms with Crippen LogP contribution >= 0.6 is 11.3 Å². The third-order valence-corrected chi connectivity index (χ3v) is 5.28. The minimum atomic E-state index is 0.459. The molecule has 3 aromatic rings. The van der Waals surface area contributed by atoms with Crippen molar-refractivity contribution in [2.45, 2.75) is 20.3 Å². The minimum absolute atomic E-state index is 0.459. The first-order chi connectivity index (χ1) is 13.5. The average Bonchev–Trinajstić information content (AvgIpc) is 3.01. The van der Waals surface area contributed by atoms with Crippen molar-refractivity contribution >= 4 is 33.8 Å². The average molecular weight is 401 g/mol. The van der Waals surface area contributed by atoms with Crippen LogP contribution in [0.1, 0.15) is 16.1 Å². The van der Waals surface area contributed by atoms with Gasteiger partial charge in [-0.05, 0) is 38.0 Å². The molecule has 0 aliphatic carbocycles. The molecule has 9 heteroatoms. The summed E-state index contributed by atoms with van der Waals surface area (Å²) in [4.78, 5) is 14.1. The van der Waals surface area contributed by atoms with E-state index in [0.29, 0.717) is 35.4 Å². The van der Waals surface area contributed by atoms with Crippen LogP contribution in [0.3, 0.4) is 0 Å². The fourth-order valence-electron chi connectivity index (χ4n) is 2.62. The lowest BCUT2D eigenvalue weighted by molar-refractivity contribution is 0.354. The van der Waals surface area contributed by atoms with E-state index in [1.807, 2.05) is 32.0 Å². The molecule has 0 aliphatic heterocycles. The summed E-state index contributed by atoms with van der Waals surface area (Å²) in [6.07, 6.45) is 2.25. The van der Waals surface area contributed by atoms with E-state index < -0.39 is 0 Å². The zero-order valence-electron chi connectivity index (χ0n) is 16.4. The second kappa shape index (κ2) is 8.75. The summed E-state index contributed by atoms with van der Waals surface area (Å²) < 4.78 is 10.6. The molecule has 0 radical (unpaired) electrons. The van der Waals surface area contributed by atoms with Crippen molar-refractivity contribution in [1.29, 1.82) is 0 Å². The van der Waals surface area contributed by atoms with E-state index >= 15 is 0 Å². The Bertz CT molecular complexity index is 940. The molecule has 0 bridgehead atoms. The number of rotatable bonds is 8. The van der Waals surface area contributed by atoms with Gasteiger partial charge < -0.3 is 25.8 Å². The van der Waals surface area contributed by atoms with Crippen molar-refractivity contribution in [2.75, 3.05) is 37.1 Å². The molecule has 0 aliphatic rings. The number of nitrogens with one attached hydrogen (secondary N) is 2. The highest BCUT2D eigenvalue weighted by atomic mass is 32.1. The first-order valence-corrected chi connectivity index (χ1v) is 9.59. The second-order valence-electron chi connectivity index (χ2n) is 6.14. The third-order valence-electron chi connectivity index (χ3n) is 4.29. The maximum atomic E-state index is 6.23. The Hall–Kier alpha value is -3.07. The van der Waals surface area contributed by atoms with Crippen molar-refractivity contribution in [3.63, 3.8) is 0 Å². The monoisotopic (exact) mass is 400 g/mol. The van der Waals surface area contributed by atoms with E-state index in [4.69, 9.17) is 15.2 Å². The highest BCUT2D eigenvalue weighted by molar-refractivity contribution is 7.15. The zero-order valence-corrected chi connectivity index (χ0v) is 17.2. The molecule has 0 fully saturated rings. The number of nitrogens with zero attached hydrogens (tertiary/aromatic N) is 3. The molecule has 0 amide bonds. The summed E-state index contributed by atoms with van der Waals surface area (Å²) in [5.74, 6) is 2.55. The van der Waals surface area contributed by atoms with Gasteiger partial charge in [0, 0.05) is 11.4 Å². The van der Waals surface area contributed by atoms with Gasteiger partial charge >= 0.3 is 0 Å². The smallest absolute Gasteiger partial charge is 0.188 e. The molecule has 1 aromatic carbocycles. The number of thiazole rings is 1. The highest BCUT2D eigenvalue weighted by Crippen LogP contribution is 2.30. The molecule has 0 saturated carbocycles. The lowest BCUT2D eigenvalue weighted by Gasteiger charge is -2.12. The van der Waals surface area contributed by atoms with Crippen LogP contribution in [-0.2, 0) is 6.42 Å². The number of benzene rings is 1. The van der Waals surface area contributed by atoms with Crippen molar-refractivity contribution in [1.82, 2.24) is 15.0 Å². The van der Waals surface area contributed by atoms with Gasteiger partial charge in [0.2, 0.25) is 0 Å². The number of nitrogens with two attached hydrogens (primary N) is 1. The minimum Gasteiger partial charge on any atom is -0.493 e. The predicted molar refractivity (Wildman–Crippen MR) is 113 cm³/mol. The maximum Gasteiger partial charge on any atom is 0.188 e. The molecule has 3 rings (SSSR count). The Kier molecular flexibility index (Phi) is 6.15. The van der Waals surface area contributed by atoms with E-state index in [1.165, 1.54) is 6.33 Å². The standard InChI is InChI=1S/C19H24N6O2S/c1-11-12(2)28-19(24-11)25-18-16(20)17(22-10-23-18)21-8-7-13-5-6-14(26-3)15(9-13)27-4/h5-6,9-10H,7-8,20H2,1-4H3,(H2,21,22,23,24,25). The molecule has 0 spiro atoms. The molecule has 0 saturated heterocycles. The van der Waals surface area contributed by atoms with Crippen LogP contribution in [0.25, 0.3) is 0 Å². The quantitative estimate of drug-likeness (QED) is 0.527. The van der Waals surface area contributed by atoms with Crippen LogP contribution in [0.5, 0.6) is 11.5 Å². The Morgan fingerprint density at radius 1 is 1.07 bits per heavy atom. The molecule has 28 heavy (non-hydrogen) atoms. The van der Waals surface area contributed by atoms with Crippen molar-refractivity contribution in [3.8, 4) is 11.5 Å². The number of hydrogen-bond donors (Lipinski definition) is 3. The van der Waals surface area contributed by atoms with Crippen LogP contribution in [0.2, 0.25) is 0 Å². The Morgan fingerprint density at radius 3 is 2.50 bits per heavy atom. The molecule has 2 heterocycles. The normalized spacial score (nSPS) is 10.6. The fourth-order valence-corrected chi connectivity index (χ4v) is 3.44. The number of methoxy groups -OCH3 is 2. The number of ether oxygens (including phenoxy) is 2. The summed E-state index contributed by atoms with van der Waals surface area (Å²) in [6, 6.07) is 5.86. The first kappa shape index (κ1) is 19.7. The molecule has 4 N–H and O–H groups in total. The summed E-state index contributed by atoms with van der Waals surface area (Å²) in [5, 5.41) is 7.20. The predicted octanol–water partition coefficient (Wildman–Crippen LogP) is 3.55. The lowest BCUT2D eigenvalue weighted by atomic mass is 10.1. The molecular formula is C19H24N6O2S. The van der Waals surface area contributed by atoms with Crippen molar-refractivity contribution < 1.29 is 9.47 Å². The van der Waals surface area contributed by atoms with Gasteiger partial charge in [-0.1, -0.05) is 6.07 Å². The van der Waals surface area contributed by atoms with Crippen molar-refractivity contribution in [2.24, 2.45) is 0 Å². The van der Waals surface area contributed by atoms with Crippen LogP contribution in [0.4, 0.5) is 22.5 Å². The van der Waals surface area contributed by atoms with Gasteiger partial charge in [-0.2, -0.15) is 0 Å². The summed E-state index contributed by atoms with van der Waals surface area (Å²) in [7, 11) is 3.25. The SMILES string of the molecule is COc1ccc(CCNc2ncnc(Nc3nc(C)c(C)s3)c2N)cc1OC. The van der Waals surface area contributed by atoms with Crippen LogP contribution < -0.4 is 25.8 Å². The van der Waals surface area contributed by atoms with E-state index in [2.05, 4.69) is 25.6 Å². The second-order valence-corrected chi connectivity index (χ2v) is 7.34. The number of nitrogen functional groups attached to an aromatic ring is 1. The number of aromatic nitrogens is 3. The molecule has 148 valence electrons. The van der Waals surface area contributed by atoms with Gasteiger partial charge in [0.15, 0.2) is 28.3 Å². The van der Waals surface area contributed by atoms with Crippen LogP contribution in [0.15, 0.2) is 24.5 Å². The van der Waals surface area contributed by atoms with Crippen LogP contribution in [0, 0.1) is 13.8 Å². The van der Waals surface area contributed by atoms with Gasteiger partial charge in [-0.25, -0.2) is 15.0 Å². The molecular weight excluding hydrogens is 376 g/mol.